The lowest BCUT2D eigenvalue weighted by Crippen LogP contribution is -2.31. The second-order valence-electron chi connectivity index (χ2n) is 7.02. The van der Waals surface area contributed by atoms with Crippen LogP contribution in [0.4, 0.5) is 5.13 Å². The summed E-state index contributed by atoms with van der Waals surface area (Å²) in [4.78, 5) is 19.9. The summed E-state index contributed by atoms with van der Waals surface area (Å²) < 4.78 is 6.62. The van der Waals surface area contributed by atoms with E-state index in [1.54, 1.807) is 22.5 Å². The molecule has 0 aliphatic rings. The number of fused-ring (bicyclic) bond motifs is 1. The second-order valence-corrected chi connectivity index (χ2v) is 8.03. The van der Waals surface area contributed by atoms with Gasteiger partial charge in [0, 0.05) is 0 Å². The maximum absolute atomic E-state index is 13.3. The number of nitrogens with zero attached hydrogens (tertiary/aromatic N) is 2. The molecule has 2 aromatic carbocycles. The number of para-hydroxylation sites is 1. The van der Waals surface area contributed by atoms with E-state index >= 15 is 0 Å². The van der Waals surface area contributed by atoms with Gasteiger partial charge in [-0.3, -0.25) is 9.69 Å². The molecule has 0 atom stereocenters. The summed E-state index contributed by atoms with van der Waals surface area (Å²) in [5.74, 6) is 0.761. The van der Waals surface area contributed by atoms with Gasteiger partial charge in [-0.2, -0.15) is 0 Å². The summed E-state index contributed by atoms with van der Waals surface area (Å²) in [6, 6.07) is 18.2. The average molecular weight is 405 g/mol. The van der Waals surface area contributed by atoms with Crippen LogP contribution in [0.2, 0.25) is 0 Å². The van der Waals surface area contributed by atoms with E-state index in [1.807, 2.05) is 24.3 Å². The lowest BCUT2D eigenvalue weighted by atomic mass is 10.1. The van der Waals surface area contributed by atoms with E-state index in [2.05, 4.69) is 44.2 Å². The molecule has 2 heterocycles. The number of hydrogen-bond acceptors (Lipinski definition) is 4. The van der Waals surface area contributed by atoms with E-state index < -0.39 is 0 Å². The Balaban J connectivity index is 1.66. The highest BCUT2D eigenvalue weighted by Gasteiger charge is 2.22. The number of anilines is 1. The summed E-state index contributed by atoms with van der Waals surface area (Å²) in [5, 5.41) is 0.715. The van der Waals surface area contributed by atoms with E-state index in [4.69, 9.17) is 9.40 Å². The van der Waals surface area contributed by atoms with Crippen molar-refractivity contribution in [2.75, 3.05) is 4.90 Å². The standard InChI is InChI=1S/C24H24N2O2S/c1-3-17-10-12-18(13-11-17)15-22(27)26(16-20-8-6-14-28-20)24-25-23-19(4-2)7-5-9-21(23)29-24/h5-14H,3-4,15-16H2,1-2H3. The SMILES string of the molecule is CCc1ccc(CC(=O)N(Cc2ccco2)c2nc3c(CC)cccc3s2)cc1. The monoisotopic (exact) mass is 404 g/mol. The molecular weight excluding hydrogens is 380 g/mol. The van der Waals surface area contributed by atoms with Gasteiger partial charge in [0.05, 0.1) is 29.4 Å². The molecule has 0 spiro atoms. The van der Waals surface area contributed by atoms with Crippen molar-refractivity contribution in [1.29, 1.82) is 0 Å². The molecule has 0 N–H and O–H groups in total. The summed E-state index contributed by atoms with van der Waals surface area (Å²) in [6.45, 7) is 4.63. The van der Waals surface area contributed by atoms with Gasteiger partial charge in [-0.25, -0.2) is 4.98 Å². The van der Waals surface area contributed by atoms with Crippen molar-refractivity contribution in [3.8, 4) is 0 Å². The first-order chi connectivity index (χ1) is 14.2. The van der Waals surface area contributed by atoms with Gasteiger partial charge in [0.25, 0.3) is 0 Å². The molecular formula is C24H24N2O2S. The molecule has 0 saturated heterocycles. The zero-order valence-corrected chi connectivity index (χ0v) is 17.5. The molecule has 0 aliphatic heterocycles. The Hall–Kier alpha value is -2.92. The van der Waals surface area contributed by atoms with Crippen molar-refractivity contribution in [2.24, 2.45) is 0 Å². The van der Waals surface area contributed by atoms with E-state index in [1.165, 1.54) is 11.1 Å². The van der Waals surface area contributed by atoms with Crippen LogP contribution in [0.15, 0.2) is 65.3 Å². The third-order valence-electron chi connectivity index (χ3n) is 5.08. The zero-order chi connectivity index (χ0) is 20.2. The molecule has 1 amide bonds. The highest BCUT2D eigenvalue weighted by Crippen LogP contribution is 2.32. The van der Waals surface area contributed by atoms with Gasteiger partial charge in [0.15, 0.2) is 5.13 Å². The van der Waals surface area contributed by atoms with Crippen molar-refractivity contribution in [2.45, 2.75) is 39.7 Å². The molecule has 0 radical (unpaired) electrons. The Kier molecular flexibility index (Phi) is 5.76. The summed E-state index contributed by atoms with van der Waals surface area (Å²) in [6.07, 6.45) is 3.87. The Morgan fingerprint density at radius 1 is 1.00 bits per heavy atom. The van der Waals surface area contributed by atoms with Crippen LogP contribution in [-0.2, 0) is 30.6 Å². The van der Waals surface area contributed by atoms with E-state index in [-0.39, 0.29) is 5.91 Å². The zero-order valence-electron chi connectivity index (χ0n) is 16.7. The first-order valence-corrected chi connectivity index (χ1v) is 10.8. The number of carbonyl (C=O) groups excluding carboxylic acids is 1. The Morgan fingerprint density at radius 2 is 1.79 bits per heavy atom. The number of hydrogen-bond donors (Lipinski definition) is 0. The number of furan rings is 1. The molecule has 4 nitrogen and oxygen atoms in total. The number of carbonyl (C=O) groups is 1. The van der Waals surface area contributed by atoms with Crippen LogP contribution in [0.25, 0.3) is 10.2 Å². The number of thiazole rings is 1. The van der Waals surface area contributed by atoms with Crippen LogP contribution in [-0.4, -0.2) is 10.9 Å². The smallest absolute Gasteiger partial charge is 0.233 e. The average Bonchev–Trinajstić information content (AvgIpc) is 3.41. The Labute approximate surface area is 174 Å². The molecule has 4 rings (SSSR count). The first kappa shape index (κ1) is 19.4. The minimum absolute atomic E-state index is 0.0164. The minimum Gasteiger partial charge on any atom is -0.467 e. The number of aromatic nitrogens is 1. The van der Waals surface area contributed by atoms with E-state index in [9.17, 15) is 4.79 Å². The number of amides is 1. The van der Waals surface area contributed by atoms with Crippen LogP contribution < -0.4 is 4.90 Å². The highest BCUT2D eigenvalue weighted by molar-refractivity contribution is 7.22. The molecule has 2 aromatic heterocycles. The van der Waals surface area contributed by atoms with Gasteiger partial charge in [0.2, 0.25) is 5.91 Å². The van der Waals surface area contributed by atoms with Crippen LogP contribution in [0.3, 0.4) is 0 Å². The topological polar surface area (TPSA) is 46.3 Å². The van der Waals surface area contributed by atoms with Gasteiger partial charge in [-0.05, 0) is 47.7 Å². The Bertz CT molecular complexity index is 1100. The fourth-order valence-corrected chi connectivity index (χ4v) is 4.41. The summed E-state index contributed by atoms with van der Waals surface area (Å²) in [5.41, 5.74) is 4.46. The minimum atomic E-state index is 0.0164. The molecule has 0 fully saturated rings. The van der Waals surface area contributed by atoms with E-state index in [0.29, 0.717) is 18.1 Å². The Morgan fingerprint density at radius 3 is 2.48 bits per heavy atom. The molecule has 0 aliphatic carbocycles. The van der Waals surface area contributed by atoms with Crippen LogP contribution in [0.1, 0.15) is 36.3 Å². The quantitative estimate of drug-likeness (QED) is 0.392. The number of rotatable bonds is 7. The van der Waals surface area contributed by atoms with Gasteiger partial charge >= 0.3 is 0 Å². The van der Waals surface area contributed by atoms with Crippen LogP contribution in [0, 0.1) is 0 Å². The largest absolute Gasteiger partial charge is 0.467 e. The predicted octanol–water partition coefficient (Wildman–Crippen LogP) is 5.79. The maximum Gasteiger partial charge on any atom is 0.233 e. The van der Waals surface area contributed by atoms with Crippen molar-refractivity contribution >= 4 is 32.6 Å². The fraction of sp³-hybridized carbons (Fsp3) is 0.250. The normalized spacial score (nSPS) is 11.1. The van der Waals surface area contributed by atoms with Gasteiger partial charge in [-0.1, -0.05) is 61.6 Å². The van der Waals surface area contributed by atoms with Crippen LogP contribution >= 0.6 is 11.3 Å². The third-order valence-corrected chi connectivity index (χ3v) is 6.13. The number of benzene rings is 2. The lowest BCUT2D eigenvalue weighted by Gasteiger charge is -2.19. The third kappa shape index (κ3) is 4.25. The van der Waals surface area contributed by atoms with Crippen LogP contribution in [0.5, 0.6) is 0 Å². The molecule has 5 heteroatoms. The summed E-state index contributed by atoms with van der Waals surface area (Å²) >= 11 is 1.55. The van der Waals surface area contributed by atoms with Crippen molar-refractivity contribution in [3.05, 3.63) is 83.3 Å². The van der Waals surface area contributed by atoms with Crippen molar-refractivity contribution < 1.29 is 9.21 Å². The predicted molar refractivity (Wildman–Crippen MR) is 118 cm³/mol. The molecule has 0 bridgehead atoms. The second kappa shape index (κ2) is 8.62. The summed E-state index contributed by atoms with van der Waals surface area (Å²) in [7, 11) is 0. The van der Waals surface area contributed by atoms with Gasteiger partial charge in [0.1, 0.15) is 5.76 Å². The maximum atomic E-state index is 13.3. The highest BCUT2D eigenvalue weighted by atomic mass is 32.1. The van der Waals surface area contributed by atoms with E-state index in [0.717, 1.165) is 34.4 Å². The lowest BCUT2D eigenvalue weighted by molar-refractivity contribution is -0.118. The molecule has 0 unspecified atom stereocenters. The molecule has 0 saturated carbocycles. The van der Waals surface area contributed by atoms with Crippen molar-refractivity contribution in [3.63, 3.8) is 0 Å². The number of aryl methyl sites for hydroxylation is 2. The first-order valence-electron chi connectivity index (χ1n) is 9.97. The van der Waals surface area contributed by atoms with Crippen molar-refractivity contribution in [1.82, 2.24) is 4.98 Å². The van der Waals surface area contributed by atoms with Gasteiger partial charge in [-0.15, -0.1) is 0 Å². The molecule has 148 valence electrons. The fourth-order valence-electron chi connectivity index (χ4n) is 3.38. The molecule has 4 aromatic rings. The van der Waals surface area contributed by atoms with Gasteiger partial charge < -0.3 is 4.42 Å². The molecule has 29 heavy (non-hydrogen) atoms.